The maximum absolute atomic E-state index is 12.0. The largest absolute Gasteiger partial charge is 0.497 e. The van der Waals surface area contributed by atoms with Crippen molar-refractivity contribution in [3.05, 3.63) is 63.5 Å². The molecule has 0 aliphatic heterocycles. The van der Waals surface area contributed by atoms with Crippen LogP contribution in [0.15, 0.2) is 47.8 Å². The second-order valence-corrected chi connectivity index (χ2v) is 7.28. The standard InChI is InChI=1S/C19H14Cl2N2O4S/c1-26-15-4-2-11(3-5-15)16-10-28-19(22-16)23-17(24)9-27-18(25)12-6-13(20)8-14(21)7-12/h2-8,10H,9H2,1H3,(H,22,23,24). The number of amides is 1. The Hall–Kier alpha value is -2.61. The van der Waals surface area contributed by atoms with Gasteiger partial charge < -0.3 is 9.47 Å². The van der Waals surface area contributed by atoms with E-state index in [2.05, 4.69) is 10.3 Å². The summed E-state index contributed by atoms with van der Waals surface area (Å²) in [6.07, 6.45) is 0. The van der Waals surface area contributed by atoms with Crippen molar-refractivity contribution in [2.45, 2.75) is 0 Å². The van der Waals surface area contributed by atoms with E-state index < -0.39 is 18.5 Å². The van der Waals surface area contributed by atoms with Crippen LogP contribution in [0.25, 0.3) is 11.3 Å². The fourth-order valence-electron chi connectivity index (χ4n) is 2.27. The normalized spacial score (nSPS) is 10.4. The van der Waals surface area contributed by atoms with Crippen LogP contribution in [0.4, 0.5) is 5.13 Å². The lowest BCUT2D eigenvalue weighted by Crippen LogP contribution is -2.20. The molecule has 1 N–H and O–H groups in total. The van der Waals surface area contributed by atoms with Crippen LogP contribution in [0.5, 0.6) is 5.75 Å². The smallest absolute Gasteiger partial charge is 0.338 e. The third-order valence-corrected chi connectivity index (χ3v) is 4.76. The highest BCUT2D eigenvalue weighted by atomic mass is 35.5. The zero-order chi connectivity index (χ0) is 20.1. The Morgan fingerprint density at radius 3 is 2.43 bits per heavy atom. The zero-order valence-corrected chi connectivity index (χ0v) is 16.9. The molecule has 2 aromatic carbocycles. The van der Waals surface area contributed by atoms with E-state index in [-0.39, 0.29) is 5.56 Å². The maximum Gasteiger partial charge on any atom is 0.338 e. The molecule has 0 unspecified atom stereocenters. The summed E-state index contributed by atoms with van der Waals surface area (Å²) in [5.41, 5.74) is 1.77. The van der Waals surface area contributed by atoms with E-state index in [1.54, 1.807) is 7.11 Å². The van der Waals surface area contributed by atoms with Gasteiger partial charge in [0.15, 0.2) is 11.7 Å². The van der Waals surface area contributed by atoms with Gasteiger partial charge in [-0.1, -0.05) is 23.2 Å². The van der Waals surface area contributed by atoms with Crippen molar-refractivity contribution in [2.24, 2.45) is 0 Å². The fourth-order valence-corrected chi connectivity index (χ4v) is 3.53. The molecule has 1 heterocycles. The van der Waals surface area contributed by atoms with Gasteiger partial charge in [-0.25, -0.2) is 9.78 Å². The molecule has 9 heteroatoms. The number of esters is 1. The number of methoxy groups -OCH3 is 1. The predicted molar refractivity (Wildman–Crippen MR) is 109 cm³/mol. The number of anilines is 1. The number of benzene rings is 2. The van der Waals surface area contributed by atoms with Crippen molar-refractivity contribution < 1.29 is 19.1 Å². The van der Waals surface area contributed by atoms with Gasteiger partial charge in [-0.3, -0.25) is 10.1 Å². The third kappa shape index (κ3) is 5.22. The molecule has 1 aromatic heterocycles. The van der Waals surface area contributed by atoms with Crippen LogP contribution in [0.2, 0.25) is 10.0 Å². The van der Waals surface area contributed by atoms with E-state index in [0.29, 0.717) is 20.9 Å². The summed E-state index contributed by atoms with van der Waals surface area (Å²) in [6, 6.07) is 11.7. The monoisotopic (exact) mass is 436 g/mol. The lowest BCUT2D eigenvalue weighted by Gasteiger charge is -2.05. The van der Waals surface area contributed by atoms with E-state index in [0.717, 1.165) is 11.3 Å². The SMILES string of the molecule is COc1ccc(-c2csc(NC(=O)COC(=O)c3cc(Cl)cc(Cl)c3)n2)cc1. The van der Waals surface area contributed by atoms with E-state index in [9.17, 15) is 9.59 Å². The van der Waals surface area contributed by atoms with Crippen LogP contribution in [0.3, 0.4) is 0 Å². The minimum Gasteiger partial charge on any atom is -0.497 e. The molecule has 0 aliphatic rings. The van der Waals surface area contributed by atoms with E-state index in [4.69, 9.17) is 32.7 Å². The number of hydrogen-bond acceptors (Lipinski definition) is 6. The first-order valence-electron chi connectivity index (χ1n) is 7.97. The molecule has 1 amide bonds. The molecule has 0 bridgehead atoms. The topological polar surface area (TPSA) is 77.5 Å². The summed E-state index contributed by atoms with van der Waals surface area (Å²) in [5.74, 6) is -0.454. The number of halogens is 2. The average molecular weight is 437 g/mol. The summed E-state index contributed by atoms with van der Waals surface area (Å²) in [5, 5.41) is 5.42. The molecule has 3 rings (SSSR count). The molecular weight excluding hydrogens is 423 g/mol. The molecule has 0 spiro atoms. The number of carbonyl (C=O) groups is 2. The zero-order valence-electron chi connectivity index (χ0n) is 14.6. The van der Waals surface area contributed by atoms with Crippen LogP contribution in [-0.2, 0) is 9.53 Å². The number of thiazole rings is 1. The van der Waals surface area contributed by atoms with Crippen molar-refractivity contribution >= 4 is 51.5 Å². The average Bonchev–Trinajstić information content (AvgIpc) is 3.13. The number of ether oxygens (including phenoxy) is 2. The lowest BCUT2D eigenvalue weighted by atomic mass is 10.2. The van der Waals surface area contributed by atoms with Gasteiger partial charge in [0.1, 0.15) is 5.75 Å². The number of nitrogens with zero attached hydrogens (tertiary/aromatic N) is 1. The first-order chi connectivity index (χ1) is 13.4. The number of aromatic nitrogens is 1. The van der Waals surface area contributed by atoms with Crippen molar-refractivity contribution in [2.75, 3.05) is 19.0 Å². The molecule has 0 saturated heterocycles. The first-order valence-corrected chi connectivity index (χ1v) is 9.61. The van der Waals surface area contributed by atoms with Gasteiger partial charge in [0, 0.05) is 21.0 Å². The van der Waals surface area contributed by atoms with Gasteiger partial charge in [-0.15, -0.1) is 11.3 Å². The van der Waals surface area contributed by atoms with Crippen molar-refractivity contribution in [3.63, 3.8) is 0 Å². The molecule has 6 nitrogen and oxygen atoms in total. The highest BCUT2D eigenvalue weighted by Crippen LogP contribution is 2.26. The molecular formula is C19H14Cl2N2O4S. The second-order valence-electron chi connectivity index (χ2n) is 5.55. The molecule has 0 radical (unpaired) electrons. The van der Waals surface area contributed by atoms with Gasteiger partial charge >= 0.3 is 5.97 Å². The molecule has 0 saturated carbocycles. The number of rotatable bonds is 6. The first kappa shape index (κ1) is 20.1. The Balaban J connectivity index is 1.56. The Labute approximate surface area is 175 Å². The van der Waals surface area contributed by atoms with Crippen LogP contribution in [-0.4, -0.2) is 30.6 Å². The van der Waals surface area contributed by atoms with Gasteiger partial charge in [0.05, 0.1) is 18.4 Å². The van der Waals surface area contributed by atoms with E-state index >= 15 is 0 Å². The summed E-state index contributed by atoms with van der Waals surface area (Å²) >= 11 is 13.0. The highest BCUT2D eigenvalue weighted by Gasteiger charge is 2.13. The van der Waals surface area contributed by atoms with Gasteiger partial charge in [-0.05, 0) is 42.5 Å². The summed E-state index contributed by atoms with van der Waals surface area (Å²) in [6.45, 7) is -0.458. The quantitative estimate of drug-likeness (QED) is 0.554. The molecule has 0 aliphatic carbocycles. The number of nitrogens with one attached hydrogen (secondary N) is 1. The Kier molecular flexibility index (Phi) is 6.51. The van der Waals surface area contributed by atoms with Gasteiger partial charge in [-0.2, -0.15) is 0 Å². The van der Waals surface area contributed by atoms with Crippen molar-refractivity contribution in [1.82, 2.24) is 4.98 Å². The lowest BCUT2D eigenvalue weighted by molar-refractivity contribution is -0.119. The third-order valence-electron chi connectivity index (χ3n) is 3.57. The Bertz CT molecular complexity index is 985. The molecule has 0 fully saturated rings. The Morgan fingerprint density at radius 1 is 1.11 bits per heavy atom. The molecule has 144 valence electrons. The molecule has 28 heavy (non-hydrogen) atoms. The molecule has 0 atom stereocenters. The van der Waals surface area contributed by atoms with Crippen LogP contribution < -0.4 is 10.1 Å². The summed E-state index contributed by atoms with van der Waals surface area (Å²) in [7, 11) is 1.60. The van der Waals surface area contributed by atoms with Crippen LogP contribution >= 0.6 is 34.5 Å². The second kappa shape index (κ2) is 9.05. The highest BCUT2D eigenvalue weighted by molar-refractivity contribution is 7.14. The number of carbonyl (C=O) groups excluding carboxylic acids is 2. The Morgan fingerprint density at radius 2 is 1.79 bits per heavy atom. The maximum atomic E-state index is 12.0. The van der Waals surface area contributed by atoms with Crippen molar-refractivity contribution in [1.29, 1.82) is 0 Å². The number of hydrogen-bond donors (Lipinski definition) is 1. The van der Waals surface area contributed by atoms with Crippen LogP contribution in [0, 0.1) is 0 Å². The molecule has 3 aromatic rings. The van der Waals surface area contributed by atoms with Crippen molar-refractivity contribution in [3.8, 4) is 17.0 Å². The fraction of sp³-hybridized carbons (Fsp3) is 0.105. The minimum absolute atomic E-state index is 0.168. The summed E-state index contributed by atoms with van der Waals surface area (Å²) < 4.78 is 10.1. The minimum atomic E-state index is -0.697. The van der Waals surface area contributed by atoms with Gasteiger partial charge in [0.25, 0.3) is 5.91 Å². The van der Waals surface area contributed by atoms with Gasteiger partial charge in [0.2, 0.25) is 0 Å². The van der Waals surface area contributed by atoms with E-state index in [1.807, 2.05) is 29.6 Å². The summed E-state index contributed by atoms with van der Waals surface area (Å²) in [4.78, 5) is 28.4. The van der Waals surface area contributed by atoms with Crippen LogP contribution in [0.1, 0.15) is 10.4 Å². The predicted octanol–water partition coefficient (Wildman–Crippen LogP) is 4.92. The van der Waals surface area contributed by atoms with E-state index in [1.165, 1.54) is 29.5 Å².